The summed E-state index contributed by atoms with van der Waals surface area (Å²) in [6, 6.07) is 6.25. The predicted molar refractivity (Wildman–Crippen MR) is 57.7 cm³/mol. The molecule has 2 atom stereocenters. The van der Waals surface area contributed by atoms with Gasteiger partial charge in [0.05, 0.1) is 0 Å². The molecule has 17 heavy (non-hydrogen) atoms. The number of hydrogen-bond donors (Lipinski definition) is 2. The lowest BCUT2D eigenvalue weighted by Gasteiger charge is -2.20. The molecule has 1 aliphatic rings. The molecular formula is C12H14F3NO. The van der Waals surface area contributed by atoms with Crippen molar-refractivity contribution in [1.82, 2.24) is 5.32 Å². The SMILES string of the molecule is O[C@@H](c1ccccc1[C@H]1CCNC1)C(F)(F)F. The summed E-state index contributed by atoms with van der Waals surface area (Å²) < 4.78 is 37.6. The molecule has 1 aromatic rings. The van der Waals surface area contributed by atoms with Crippen LogP contribution in [0.5, 0.6) is 0 Å². The first-order chi connectivity index (χ1) is 8.00. The Bertz CT molecular complexity index is 386. The van der Waals surface area contributed by atoms with Crippen LogP contribution in [0.25, 0.3) is 0 Å². The van der Waals surface area contributed by atoms with Gasteiger partial charge in [0.15, 0.2) is 6.10 Å². The Kier molecular flexibility index (Phi) is 3.40. The van der Waals surface area contributed by atoms with E-state index in [4.69, 9.17) is 0 Å². The highest BCUT2D eigenvalue weighted by atomic mass is 19.4. The summed E-state index contributed by atoms with van der Waals surface area (Å²) in [5, 5.41) is 12.5. The van der Waals surface area contributed by atoms with Gasteiger partial charge in [-0.15, -0.1) is 0 Å². The molecule has 0 aliphatic carbocycles. The van der Waals surface area contributed by atoms with E-state index in [1.54, 1.807) is 12.1 Å². The predicted octanol–water partition coefficient (Wildman–Crippen LogP) is 2.36. The summed E-state index contributed by atoms with van der Waals surface area (Å²) >= 11 is 0. The van der Waals surface area contributed by atoms with Crippen LogP contribution < -0.4 is 5.32 Å². The number of aliphatic hydroxyl groups is 1. The normalized spacial score (nSPS) is 22.7. The van der Waals surface area contributed by atoms with E-state index in [2.05, 4.69) is 5.32 Å². The van der Waals surface area contributed by atoms with Gasteiger partial charge in [-0.3, -0.25) is 0 Å². The van der Waals surface area contributed by atoms with Crippen molar-refractivity contribution in [2.75, 3.05) is 13.1 Å². The van der Waals surface area contributed by atoms with E-state index in [1.807, 2.05) is 0 Å². The van der Waals surface area contributed by atoms with Gasteiger partial charge >= 0.3 is 6.18 Å². The fraction of sp³-hybridized carbons (Fsp3) is 0.500. The number of aliphatic hydroxyl groups excluding tert-OH is 1. The minimum Gasteiger partial charge on any atom is -0.379 e. The second-order valence-corrected chi connectivity index (χ2v) is 4.26. The molecule has 5 heteroatoms. The molecular weight excluding hydrogens is 231 g/mol. The van der Waals surface area contributed by atoms with Crippen molar-refractivity contribution < 1.29 is 18.3 Å². The van der Waals surface area contributed by atoms with Gasteiger partial charge in [-0.25, -0.2) is 0 Å². The van der Waals surface area contributed by atoms with Gasteiger partial charge in [-0.1, -0.05) is 24.3 Å². The first-order valence-corrected chi connectivity index (χ1v) is 5.54. The van der Waals surface area contributed by atoms with E-state index in [-0.39, 0.29) is 11.5 Å². The first kappa shape index (κ1) is 12.4. The van der Waals surface area contributed by atoms with E-state index in [0.717, 1.165) is 13.0 Å². The Morgan fingerprint density at radius 1 is 1.29 bits per heavy atom. The molecule has 2 nitrogen and oxygen atoms in total. The zero-order valence-electron chi connectivity index (χ0n) is 9.17. The molecule has 1 aliphatic heterocycles. The molecule has 0 spiro atoms. The van der Waals surface area contributed by atoms with Crippen molar-refractivity contribution in [3.63, 3.8) is 0 Å². The van der Waals surface area contributed by atoms with E-state index in [0.29, 0.717) is 12.1 Å². The Morgan fingerprint density at radius 2 is 2.00 bits per heavy atom. The third-order valence-corrected chi connectivity index (χ3v) is 3.10. The van der Waals surface area contributed by atoms with Crippen LogP contribution in [-0.2, 0) is 0 Å². The second-order valence-electron chi connectivity index (χ2n) is 4.26. The maximum absolute atomic E-state index is 12.5. The lowest BCUT2D eigenvalue weighted by molar-refractivity contribution is -0.207. The van der Waals surface area contributed by atoms with Gasteiger partial charge in [-0.2, -0.15) is 13.2 Å². The van der Waals surface area contributed by atoms with Gasteiger partial charge in [-0.05, 0) is 30.0 Å². The molecule has 1 saturated heterocycles. The summed E-state index contributed by atoms with van der Waals surface area (Å²) in [7, 11) is 0. The van der Waals surface area contributed by atoms with E-state index >= 15 is 0 Å². The van der Waals surface area contributed by atoms with Crippen molar-refractivity contribution >= 4 is 0 Å². The van der Waals surface area contributed by atoms with Crippen molar-refractivity contribution in [2.45, 2.75) is 24.6 Å². The third kappa shape index (κ3) is 2.61. The number of halogens is 3. The van der Waals surface area contributed by atoms with Crippen LogP contribution in [0.1, 0.15) is 29.6 Å². The maximum atomic E-state index is 12.5. The summed E-state index contributed by atoms with van der Waals surface area (Å²) in [6.45, 7) is 1.47. The molecule has 1 aromatic carbocycles. The molecule has 2 N–H and O–H groups in total. The molecule has 1 heterocycles. The first-order valence-electron chi connectivity index (χ1n) is 5.54. The molecule has 94 valence electrons. The van der Waals surface area contributed by atoms with Crippen LogP contribution in [0, 0.1) is 0 Å². The van der Waals surface area contributed by atoms with Gasteiger partial charge in [0, 0.05) is 6.54 Å². The highest BCUT2D eigenvalue weighted by molar-refractivity contribution is 5.33. The third-order valence-electron chi connectivity index (χ3n) is 3.10. The Balaban J connectivity index is 2.33. The largest absolute Gasteiger partial charge is 0.418 e. The summed E-state index contributed by atoms with van der Waals surface area (Å²) in [6.07, 6.45) is -6.19. The molecule has 0 amide bonds. The molecule has 1 fully saturated rings. The summed E-state index contributed by atoms with van der Waals surface area (Å²) in [4.78, 5) is 0. The Labute approximate surface area is 97.5 Å². The quantitative estimate of drug-likeness (QED) is 0.838. The molecule has 0 bridgehead atoms. The fourth-order valence-corrected chi connectivity index (χ4v) is 2.23. The lowest BCUT2D eigenvalue weighted by atomic mass is 9.91. The Hall–Kier alpha value is -1.07. The van der Waals surface area contributed by atoms with Crippen LogP contribution in [-0.4, -0.2) is 24.4 Å². The lowest BCUT2D eigenvalue weighted by Crippen LogP contribution is -2.22. The van der Waals surface area contributed by atoms with E-state index in [9.17, 15) is 18.3 Å². The minimum absolute atomic E-state index is 0.0197. The fourth-order valence-electron chi connectivity index (χ4n) is 2.23. The van der Waals surface area contributed by atoms with Crippen LogP contribution in [0.4, 0.5) is 13.2 Å². The minimum atomic E-state index is -4.61. The average molecular weight is 245 g/mol. The zero-order chi connectivity index (χ0) is 12.5. The van der Waals surface area contributed by atoms with Crippen LogP contribution >= 0.6 is 0 Å². The molecule has 2 rings (SSSR count). The maximum Gasteiger partial charge on any atom is 0.418 e. The smallest absolute Gasteiger partial charge is 0.379 e. The highest BCUT2D eigenvalue weighted by Gasteiger charge is 2.41. The number of nitrogens with one attached hydrogen (secondary N) is 1. The summed E-state index contributed by atoms with van der Waals surface area (Å²) in [5.41, 5.74) is 0.580. The van der Waals surface area contributed by atoms with Crippen LogP contribution in [0.2, 0.25) is 0 Å². The average Bonchev–Trinajstić information content (AvgIpc) is 2.80. The van der Waals surface area contributed by atoms with Crippen molar-refractivity contribution in [3.8, 4) is 0 Å². The molecule has 0 unspecified atom stereocenters. The van der Waals surface area contributed by atoms with E-state index in [1.165, 1.54) is 12.1 Å². The zero-order valence-corrected chi connectivity index (χ0v) is 9.17. The highest BCUT2D eigenvalue weighted by Crippen LogP contribution is 2.37. The van der Waals surface area contributed by atoms with Crippen molar-refractivity contribution in [3.05, 3.63) is 35.4 Å². The molecule has 0 radical (unpaired) electrons. The number of rotatable bonds is 2. The molecule has 0 aromatic heterocycles. The van der Waals surface area contributed by atoms with Gasteiger partial charge in [0.1, 0.15) is 0 Å². The van der Waals surface area contributed by atoms with Crippen molar-refractivity contribution in [2.24, 2.45) is 0 Å². The molecule has 0 saturated carbocycles. The number of benzene rings is 1. The number of hydrogen-bond acceptors (Lipinski definition) is 2. The summed E-state index contributed by atoms with van der Waals surface area (Å²) in [5.74, 6) is 0.0585. The van der Waals surface area contributed by atoms with E-state index < -0.39 is 12.3 Å². The second kappa shape index (κ2) is 4.66. The van der Waals surface area contributed by atoms with Crippen molar-refractivity contribution in [1.29, 1.82) is 0 Å². The van der Waals surface area contributed by atoms with Gasteiger partial charge in [0.2, 0.25) is 0 Å². The Morgan fingerprint density at radius 3 is 2.59 bits per heavy atom. The van der Waals surface area contributed by atoms with Gasteiger partial charge < -0.3 is 10.4 Å². The van der Waals surface area contributed by atoms with Crippen LogP contribution in [0.3, 0.4) is 0 Å². The van der Waals surface area contributed by atoms with Gasteiger partial charge in [0.25, 0.3) is 0 Å². The monoisotopic (exact) mass is 245 g/mol. The topological polar surface area (TPSA) is 32.3 Å². The number of alkyl halides is 3. The standard InChI is InChI=1S/C12H14F3NO/c13-12(14,15)11(17)10-4-2-1-3-9(10)8-5-6-16-7-8/h1-4,8,11,16-17H,5-7H2/t8-,11-/m0/s1. The van der Waals surface area contributed by atoms with Crippen LogP contribution in [0.15, 0.2) is 24.3 Å².